The highest BCUT2D eigenvalue weighted by Gasteiger charge is 2.21. The molecule has 0 bridgehead atoms. The van der Waals surface area contributed by atoms with Gasteiger partial charge in [0.1, 0.15) is 11.5 Å². The van der Waals surface area contributed by atoms with E-state index in [0.717, 1.165) is 60.2 Å². The number of nitrogens with one attached hydrogen (secondary N) is 1. The summed E-state index contributed by atoms with van der Waals surface area (Å²) < 4.78 is 7.74. The average molecular weight is 435 g/mol. The molecule has 31 heavy (non-hydrogen) atoms. The second kappa shape index (κ2) is 8.95. The SMILES string of the molecule is Cc1ccc(CNCc2cccn2-c2nnc(N3CCN(c4ccccc4)CC3)s2)o1. The number of para-hydroxylation sites is 1. The van der Waals surface area contributed by atoms with E-state index in [-0.39, 0.29) is 0 Å². The monoisotopic (exact) mass is 434 g/mol. The highest BCUT2D eigenvalue weighted by molar-refractivity contribution is 7.17. The molecule has 7 nitrogen and oxygen atoms in total. The minimum absolute atomic E-state index is 0.700. The molecular formula is C23H26N6OS. The standard InChI is InChI=1S/C23H26N6OS/c1-18-9-10-21(30-18)17-24-16-20-8-5-11-29(20)23-26-25-22(31-23)28-14-12-27(13-15-28)19-6-3-2-4-7-19/h2-11,24H,12-17H2,1H3. The summed E-state index contributed by atoms with van der Waals surface area (Å²) in [5, 5.41) is 14.3. The Labute approximate surface area is 185 Å². The van der Waals surface area contributed by atoms with Crippen molar-refractivity contribution >= 4 is 22.2 Å². The fourth-order valence-electron chi connectivity index (χ4n) is 3.87. The molecule has 1 aliphatic rings. The summed E-state index contributed by atoms with van der Waals surface area (Å²) in [4.78, 5) is 4.76. The van der Waals surface area contributed by atoms with Gasteiger partial charge in [-0.25, -0.2) is 0 Å². The number of piperazine rings is 1. The molecular weight excluding hydrogens is 408 g/mol. The van der Waals surface area contributed by atoms with Crippen LogP contribution in [0.2, 0.25) is 0 Å². The molecule has 0 saturated carbocycles. The molecule has 3 aromatic heterocycles. The van der Waals surface area contributed by atoms with Crippen molar-refractivity contribution in [2.75, 3.05) is 36.0 Å². The summed E-state index contributed by atoms with van der Waals surface area (Å²) in [6.45, 7) is 7.28. The lowest BCUT2D eigenvalue weighted by Crippen LogP contribution is -2.46. The summed E-state index contributed by atoms with van der Waals surface area (Å²) in [7, 11) is 0. The fourth-order valence-corrected chi connectivity index (χ4v) is 4.78. The van der Waals surface area contributed by atoms with Crippen molar-refractivity contribution in [1.29, 1.82) is 0 Å². The Bertz CT molecular complexity index is 1110. The molecule has 1 saturated heterocycles. The molecule has 0 amide bonds. The predicted molar refractivity (Wildman–Crippen MR) is 124 cm³/mol. The van der Waals surface area contributed by atoms with E-state index in [2.05, 4.69) is 66.3 Å². The van der Waals surface area contributed by atoms with Gasteiger partial charge in [-0.15, -0.1) is 10.2 Å². The Morgan fingerprint density at radius 2 is 1.65 bits per heavy atom. The van der Waals surface area contributed by atoms with E-state index in [0.29, 0.717) is 6.54 Å². The number of rotatable bonds is 7. The van der Waals surface area contributed by atoms with Crippen LogP contribution in [0.1, 0.15) is 17.2 Å². The van der Waals surface area contributed by atoms with Gasteiger partial charge in [0.2, 0.25) is 10.3 Å². The van der Waals surface area contributed by atoms with E-state index in [1.165, 1.54) is 5.69 Å². The molecule has 160 valence electrons. The molecule has 1 N–H and O–H groups in total. The van der Waals surface area contributed by atoms with Crippen molar-refractivity contribution in [3.8, 4) is 5.13 Å². The zero-order valence-electron chi connectivity index (χ0n) is 17.6. The van der Waals surface area contributed by atoms with E-state index >= 15 is 0 Å². The van der Waals surface area contributed by atoms with Gasteiger partial charge in [0, 0.05) is 50.3 Å². The quantitative estimate of drug-likeness (QED) is 0.477. The van der Waals surface area contributed by atoms with E-state index in [4.69, 9.17) is 4.42 Å². The van der Waals surface area contributed by atoms with Gasteiger partial charge in [-0.3, -0.25) is 4.57 Å². The highest BCUT2D eigenvalue weighted by Crippen LogP contribution is 2.26. The van der Waals surface area contributed by atoms with Crippen LogP contribution in [0.4, 0.5) is 10.8 Å². The van der Waals surface area contributed by atoms with Crippen LogP contribution in [0.3, 0.4) is 0 Å². The van der Waals surface area contributed by atoms with Crippen LogP contribution in [0, 0.1) is 6.92 Å². The van der Waals surface area contributed by atoms with Gasteiger partial charge in [-0.2, -0.15) is 0 Å². The lowest BCUT2D eigenvalue weighted by atomic mass is 10.2. The number of hydrogen-bond acceptors (Lipinski definition) is 7. The van der Waals surface area contributed by atoms with E-state index in [1.807, 2.05) is 31.3 Å². The molecule has 0 atom stereocenters. The van der Waals surface area contributed by atoms with Crippen LogP contribution < -0.4 is 15.1 Å². The topological polar surface area (TPSA) is 62.4 Å². The number of hydrogen-bond donors (Lipinski definition) is 1. The first-order valence-electron chi connectivity index (χ1n) is 10.6. The number of benzene rings is 1. The molecule has 1 aromatic carbocycles. The number of aryl methyl sites for hydroxylation is 1. The average Bonchev–Trinajstić information content (AvgIpc) is 3.56. The van der Waals surface area contributed by atoms with Gasteiger partial charge in [-0.1, -0.05) is 29.5 Å². The van der Waals surface area contributed by atoms with Crippen molar-refractivity contribution < 1.29 is 4.42 Å². The Morgan fingerprint density at radius 3 is 2.42 bits per heavy atom. The summed E-state index contributed by atoms with van der Waals surface area (Å²) in [6.07, 6.45) is 2.05. The second-order valence-electron chi connectivity index (χ2n) is 7.66. The summed E-state index contributed by atoms with van der Waals surface area (Å²) >= 11 is 1.64. The van der Waals surface area contributed by atoms with Crippen molar-refractivity contribution in [3.63, 3.8) is 0 Å². The van der Waals surface area contributed by atoms with Gasteiger partial charge in [0.25, 0.3) is 0 Å². The molecule has 4 aromatic rings. The van der Waals surface area contributed by atoms with E-state index < -0.39 is 0 Å². The van der Waals surface area contributed by atoms with E-state index in [1.54, 1.807) is 11.3 Å². The Kier molecular flexibility index (Phi) is 5.73. The minimum atomic E-state index is 0.700. The molecule has 0 aliphatic carbocycles. The van der Waals surface area contributed by atoms with Crippen LogP contribution in [0.25, 0.3) is 5.13 Å². The third-order valence-electron chi connectivity index (χ3n) is 5.52. The van der Waals surface area contributed by atoms with Crippen molar-refractivity contribution in [2.24, 2.45) is 0 Å². The Balaban J connectivity index is 1.20. The van der Waals surface area contributed by atoms with Crippen molar-refractivity contribution in [1.82, 2.24) is 20.1 Å². The first kappa shape index (κ1) is 19.8. The van der Waals surface area contributed by atoms with Crippen LogP contribution in [-0.2, 0) is 13.1 Å². The van der Waals surface area contributed by atoms with Crippen LogP contribution >= 0.6 is 11.3 Å². The van der Waals surface area contributed by atoms with E-state index in [9.17, 15) is 0 Å². The van der Waals surface area contributed by atoms with Gasteiger partial charge in [-0.05, 0) is 43.3 Å². The minimum Gasteiger partial charge on any atom is -0.465 e. The predicted octanol–water partition coefficient (Wildman–Crippen LogP) is 3.85. The summed E-state index contributed by atoms with van der Waals surface area (Å²) in [5.74, 6) is 1.88. The Morgan fingerprint density at radius 1 is 0.871 bits per heavy atom. The molecule has 5 rings (SSSR count). The molecule has 0 spiro atoms. The molecule has 1 fully saturated rings. The van der Waals surface area contributed by atoms with Gasteiger partial charge >= 0.3 is 0 Å². The maximum absolute atomic E-state index is 5.63. The number of nitrogens with zero attached hydrogens (tertiary/aromatic N) is 5. The first-order chi connectivity index (χ1) is 15.3. The zero-order chi connectivity index (χ0) is 21.0. The largest absolute Gasteiger partial charge is 0.465 e. The van der Waals surface area contributed by atoms with Gasteiger partial charge < -0.3 is 19.5 Å². The molecule has 1 aliphatic heterocycles. The first-order valence-corrected chi connectivity index (χ1v) is 11.4. The number of anilines is 2. The zero-order valence-corrected chi connectivity index (χ0v) is 18.4. The normalized spacial score (nSPS) is 14.4. The maximum atomic E-state index is 5.63. The van der Waals surface area contributed by atoms with Crippen molar-refractivity contribution in [2.45, 2.75) is 20.0 Å². The maximum Gasteiger partial charge on any atom is 0.218 e. The fraction of sp³-hybridized carbons (Fsp3) is 0.304. The lowest BCUT2D eigenvalue weighted by molar-refractivity contribution is 0.460. The molecule has 4 heterocycles. The van der Waals surface area contributed by atoms with Crippen LogP contribution in [0.5, 0.6) is 0 Å². The lowest BCUT2D eigenvalue weighted by Gasteiger charge is -2.35. The molecule has 0 radical (unpaired) electrons. The third kappa shape index (κ3) is 4.50. The van der Waals surface area contributed by atoms with Gasteiger partial charge in [0.05, 0.1) is 6.54 Å². The highest BCUT2D eigenvalue weighted by atomic mass is 32.1. The molecule has 0 unspecified atom stereocenters. The van der Waals surface area contributed by atoms with Crippen LogP contribution in [-0.4, -0.2) is 40.9 Å². The number of furan rings is 1. The van der Waals surface area contributed by atoms with Crippen LogP contribution in [0.15, 0.2) is 65.2 Å². The number of aromatic nitrogens is 3. The van der Waals surface area contributed by atoms with Gasteiger partial charge in [0.15, 0.2) is 0 Å². The van der Waals surface area contributed by atoms with Crippen molar-refractivity contribution in [3.05, 3.63) is 78.0 Å². The second-order valence-corrected chi connectivity index (χ2v) is 8.60. The summed E-state index contributed by atoms with van der Waals surface area (Å²) in [5.41, 5.74) is 2.44. The third-order valence-corrected chi connectivity index (χ3v) is 6.50. The Hall–Kier alpha value is -3.10. The summed E-state index contributed by atoms with van der Waals surface area (Å²) in [6, 6.07) is 18.8. The molecule has 8 heteroatoms. The smallest absolute Gasteiger partial charge is 0.218 e.